The maximum Gasteiger partial charge on any atom is 0.322 e. The number of hydrogen-bond donors (Lipinski definition) is 1. The molecule has 0 aliphatic carbocycles. The second-order valence-electron chi connectivity index (χ2n) is 6.15. The van der Waals surface area contributed by atoms with Crippen molar-refractivity contribution in [3.63, 3.8) is 0 Å². The molecule has 1 N–H and O–H groups in total. The van der Waals surface area contributed by atoms with Crippen molar-refractivity contribution in [1.29, 1.82) is 0 Å². The highest BCUT2D eigenvalue weighted by atomic mass is 35.5. The first-order valence-corrected chi connectivity index (χ1v) is 11.6. The lowest BCUT2D eigenvalue weighted by Gasteiger charge is -2.26. The number of thiophene rings is 1. The molecule has 158 valence electrons. The Hall–Kier alpha value is -2.02. The predicted molar refractivity (Wildman–Crippen MR) is 112 cm³/mol. The normalized spacial score (nSPS) is 15.3. The molecule has 1 saturated heterocycles. The number of halogens is 2. The number of carbonyl (C=O) groups is 1. The Labute approximate surface area is 185 Å². The molecule has 0 unspecified atom stereocenters. The van der Waals surface area contributed by atoms with Gasteiger partial charge in [-0.25, -0.2) is 8.42 Å². The van der Waals surface area contributed by atoms with Crippen LogP contribution in [0.15, 0.2) is 39.6 Å². The van der Waals surface area contributed by atoms with Crippen molar-refractivity contribution in [2.45, 2.75) is 4.90 Å². The quantitative estimate of drug-likeness (QED) is 0.584. The van der Waals surface area contributed by atoms with Crippen molar-refractivity contribution >= 4 is 56.5 Å². The Morgan fingerprint density at radius 3 is 2.47 bits per heavy atom. The third kappa shape index (κ3) is 4.36. The van der Waals surface area contributed by atoms with Gasteiger partial charge in [-0.2, -0.15) is 4.31 Å². The summed E-state index contributed by atoms with van der Waals surface area (Å²) in [6.07, 6.45) is 0. The molecule has 1 aromatic carbocycles. The molecular formula is C17H14Cl2N4O5S2. The summed E-state index contributed by atoms with van der Waals surface area (Å²) in [7, 11) is -3.63. The smallest absolute Gasteiger partial charge is 0.322 e. The lowest BCUT2D eigenvalue weighted by molar-refractivity contribution is 0.0730. The lowest BCUT2D eigenvalue weighted by atomic mass is 10.2. The van der Waals surface area contributed by atoms with Crippen molar-refractivity contribution < 1.29 is 22.4 Å². The van der Waals surface area contributed by atoms with Gasteiger partial charge in [-0.3, -0.25) is 10.1 Å². The van der Waals surface area contributed by atoms with E-state index in [0.29, 0.717) is 40.5 Å². The van der Waals surface area contributed by atoms with Crippen LogP contribution in [0.2, 0.25) is 8.67 Å². The van der Waals surface area contributed by atoms with E-state index in [1.165, 1.54) is 28.6 Å². The van der Waals surface area contributed by atoms with Gasteiger partial charge >= 0.3 is 6.01 Å². The van der Waals surface area contributed by atoms with E-state index in [1.54, 1.807) is 6.07 Å². The predicted octanol–water partition coefficient (Wildman–Crippen LogP) is 3.38. The van der Waals surface area contributed by atoms with Crippen LogP contribution in [0.1, 0.15) is 10.4 Å². The molecule has 0 saturated carbocycles. The zero-order chi connectivity index (χ0) is 21.3. The monoisotopic (exact) mass is 488 g/mol. The zero-order valence-electron chi connectivity index (χ0n) is 15.2. The van der Waals surface area contributed by atoms with Crippen molar-refractivity contribution in [1.82, 2.24) is 14.5 Å². The van der Waals surface area contributed by atoms with Crippen molar-refractivity contribution in [3.8, 4) is 11.5 Å². The van der Waals surface area contributed by atoms with Gasteiger partial charge in [0.05, 0.1) is 28.0 Å². The minimum absolute atomic E-state index is 0.102. The number of anilines is 1. The van der Waals surface area contributed by atoms with Crippen LogP contribution < -0.4 is 5.32 Å². The molecule has 1 aliphatic rings. The second kappa shape index (κ2) is 8.61. The van der Waals surface area contributed by atoms with Gasteiger partial charge in [0.25, 0.3) is 11.8 Å². The summed E-state index contributed by atoms with van der Waals surface area (Å²) in [5.74, 6) is -0.416. The van der Waals surface area contributed by atoms with Gasteiger partial charge in [0, 0.05) is 18.7 Å². The van der Waals surface area contributed by atoms with E-state index in [-0.39, 0.29) is 22.4 Å². The highest BCUT2D eigenvalue weighted by molar-refractivity contribution is 7.89. The molecule has 1 aliphatic heterocycles. The van der Waals surface area contributed by atoms with Gasteiger partial charge < -0.3 is 9.15 Å². The van der Waals surface area contributed by atoms with E-state index in [2.05, 4.69) is 15.5 Å². The molecule has 13 heteroatoms. The van der Waals surface area contributed by atoms with Gasteiger partial charge in [-0.05, 0) is 30.3 Å². The number of sulfonamides is 1. The Kier molecular flexibility index (Phi) is 6.09. The second-order valence-corrected chi connectivity index (χ2v) is 10.4. The van der Waals surface area contributed by atoms with Crippen LogP contribution >= 0.6 is 34.5 Å². The van der Waals surface area contributed by atoms with Crippen LogP contribution in [-0.4, -0.2) is 55.1 Å². The number of rotatable bonds is 5. The average molecular weight is 489 g/mol. The standard InChI is InChI=1S/C17H14Cl2N4O5S2/c18-13-9-12(14(19)29-13)16-21-22-17(28-16)20-15(24)10-1-3-11(4-2-10)30(25,26)23-5-7-27-8-6-23/h1-4,9H,5-8H2,(H,20,22,24). The maximum absolute atomic E-state index is 12.6. The van der Waals surface area contributed by atoms with Crippen molar-refractivity contribution in [2.75, 3.05) is 31.6 Å². The first kappa shape index (κ1) is 21.2. The summed E-state index contributed by atoms with van der Waals surface area (Å²) >= 11 is 13.1. The number of ether oxygens (including phenoxy) is 1. The maximum atomic E-state index is 12.6. The largest absolute Gasteiger partial charge is 0.403 e. The molecule has 0 atom stereocenters. The van der Waals surface area contributed by atoms with Gasteiger partial charge in [-0.1, -0.05) is 28.3 Å². The third-order valence-electron chi connectivity index (χ3n) is 4.26. The van der Waals surface area contributed by atoms with E-state index < -0.39 is 15.9 Å². The minimum atomic E-state index is -3.63. The third-order valence-corrected chi connectivity index (χ3v) is 7.66. The van der Waals surface area contributed by atoms with Crippen molar-refractivity contribution in [3.05, 3.63) is 44.6 Å². The highest BCUT2D eigenvalue weighted by Gasteiger charge is 2.26. The number of benzene rings is 1. The number of amides is 1. The molecule has 3 heterocycles. The molecule has 0 bridgehead atoms. The zero-order valence-corrected chi connectivity index (χ0v) is 18.3. The summed E-state index contributed by atoms with van der Waals surface area (Å²) in [6.45, 7) is 1.30. The summed E-state index contributed by atoms with van der Waals surface area (Å²) in [5, 5.41) is 10.1. The van der Waals surface area contributed by atoms with Crippen LogP contribution in [0, 0.1) is 0 Å². The van der Waals surface area contributed by atoms with Gasteiger partial charge in [0.2, 0.25) is 10.0 Å². The number of hydrogen-bond acceptors (Lipinski definition) is 8. The summed E-state index contributed by atoms with van der Waals surface area (Å²) in [5.41, 5.74) is 0.699. The minimum Gasteiger partial charge on any atom is -0.403 e. The Bertz CT molecular complexity index is 1170. The molecule has 2 aromatic heterocycles. The van der Waals surface area contributed by atoms with Gasteiger partial charge in [-0.15, -0.1) is 16.4 Å². The number of carbonyl (C=O) groups excluding carboxylic acids is 1. The number of nitrogens with one attached hydrogen (secondary N) is 1. The average Bonchev–Trinajstić information content (AvgIpc) is 3.34. The van der Waals surface area contributed by atoms with Crippen molar-refractivity contribution in [2.24, 2.45) is 0 Å². The lowest BCUT2D eigenvalue weighted by Crippen LogP contribution is -2.40. The fourth-order valence-electron chi connectivity index (χ4n) is 2.75. The Morgan fingerprint density at radius 2 is 1.83 bits per heavy atom. The van der Waals surface area contributed by atoms with Gasteiger partial charge in [0.15, 0.2) is 0 Å². The first-order chi connectivity index (χ1) is 14.3. The van der Waals surface area contributed by atoms with E-state index >= 15 is 0 Å². The van der Waals surface area contributed by atoms with E-state index in [4.69, 9.17) is 32.4 Å². The van der Waals surface area contributed by atoms with Crippen LogP contribution in [0.4, 0.5) is 6.01 Å². The molecular weight excluding hydrogens is 475 g/mol. The fourth-order valence-corrected chi connectivity index (χ4v) is 5.61. The summed E-state index contributed by atoms with van der Waals surface area (Å²) < 4.78 is 38.1. The van der Waals surface area contributed by atoms with E-state index in [0.717, 1.165) is 11.3 Å². The number of morpholine rings is 1. The van der Waals surface area contributed by atoms with Gasteiger partial charge in [0.1, 0.15) is 4.34 Å². The number of aromatic nitrogens is 2. The topological polar surface area (TPSA) is 115 Å². The summed E-state index contributed by atoms with van der Waals surface area (Å²) in [6, 6.07) is 7.04. The molecule has 1 fully saturated rings. The Balaban J connectivity index is 1.46. The number of nitrogens with zero attached hydrogens (tertiary/aromatic N) is 3. The molecule has 4 rings (SSSR count). The summed E-state index contributed by atoms with van der Waals surface area (Å²) in [4.78, 5) is 12.5. The van der Waals surface area contributed by atoms with Crippen LogP contribution in [-0.2, 0) is 14.8 Å². The highest BCUT2D eigenvalue weighted by Crippen LogP contribution is 2.37. The first-order valence-electron chi connectivity index (χ1n) is 8.62. The molecule has 9 nitrogen and oxygen atoms in total. The Morgan fingerprint density at radius 1 is 1.13 bits per heavy atom. The fraction of sp³-hybridized carbons (Fsp3) is 0.235. The SMILES string of the molecule is O=C(Nc1nnc(-c2cc(Cl)sc2Cl)o1)c1ccc(S(=O)(=O)N2CCOCC2)cc1. The van der Waals surface area contributed by atoms with Crippen LogP contribution in [0.5, 0.6) is 0 Å². The van der Waals surface area contributed by atoms with E-state index in [9.17, 15) is 13.2 Å². The molecule has 0 radical (unpaired) electrons. The van der Waals surface area contributed by atoms with E-state index in [1.807, 2.05) is 0 Å². The van der Waals surface area contributed by atoms with Crippen LogP contribution in [0.25, 0.3) is 11.5 Å². The molecule has 3 aromatic rings. The molecule has 30 heavy (non-hydrogen) atoms. The molecule has 1 amide bonds. The van der Waals surface area contributed by atoms with Crippen LogP contribution in [0.3, 0.4) is 0 Å². The molecule has 0 spiro atoms.